The number of nitrogens with one attached hydrogen (secondary N) is 1. The Balaban J connectivity index is 1.56. The maximum atomic E-state index is 13.3. The molecular formula is C25H25F3N2O2S. The fourth-order valence-corrected chi connectivity index (χ4v) is 5.32. The van der Waals surface area contributed by atoms with Gasteiger partial charge in [-0.25, -0.2) is 0 Å². The standard InChI is InChI=1S/C25H25F3N2O2S/c1-16-6-2-3-7-19(16)29-23(31)15-30-20-8-4-5-9-21(20)33-22(24(30)32)14-17-10-12-18(13-11-17)25(26,27)28/h4-5,8-14,16,19H,2-3,6-7,15H2,1H3,(H,29,31)/b22-14+. The molecule has 1 heterocycles. The molecule has 1 aliphatic carbocycles. The highest BCUT2D eigenvalue weighted by Crippen LogP contribution is 2.42. The van der Waals surface area contributed by atoms with Crippen molar-refractivity contribution in [1.29, 1.82) is 0 Å². The largest absolute Gasteiger partial charge is 0.416 e. The highest BCUT2D eigenvalue weighted by Gasteiger charge is 2.32. The Kier molecular flexibility index (Phi) is 6.83. The number of rotatable bonds is 4. The summed E-state index contributed by atoms with van der Waals surface area (Å²) >= 11 is 1.25. The van der Waals surface area contributed by atoms with E-state index in [4.69, 9.17) is 0 Å². The van der Waals surface area contributed by atoms with Gasteiger partial charge in [-0.05, 0) is 54.7 Å². The maximum Gasteiger partial charge on any atom is 0.416 e. The highest BCUT2D eigenvalue weighted by molar-refractivity contribution is 8.04. The Morgan fingerprint density at radius 1 is 1.12 bits per heavy atom. The van der Waals surface area contributed by atoms with Gasteiger partial charge in [0.25, 0.3) is 5.91 Å². The van der Waals surface area contributed by atoms with E-state index in [1.54, 1.807) is 12.1 Å². The molecule has 2 aromatic carbocycles. The van der Waals surface area contributed by atoms with Gasteiger partial charge in [-0.15, -0.1) is 0 Å². The number of anilines is 1. The highest BCUT2D eigenvalue weighted by atomic mass is 32.2. The number of thioether (sulfide) groups is 1. The van der Waals surface area contributed by atoms with Crippen molar-refractivity contribution in [2.24, 2.45) is 5.92 Å². The maximum absolute atomic E-state index is 13.3. The fraction of sp³-hybridized carbons (Fsp3) is 0.360. The van der Waals surface area contributed by atoms with Crippen molar-refractivity contribution in [3.63, 3.8) is 0 Å². The summed E-state index contributed by atoms with van der Waals surface area (Å²) in [5.74, 6) is -0.152. The first-order valence-electron chi connectivity index (χ1n) is 11.0. The van der Waals surface area contributed by atoms with Crippen molar-refractivity contribution in [2.75, 3.05) is 11.4 Å². The number of halogens is 3. The van der Waals surface area contributed by atoms with E-state index in [2.05, 4.69) is 12.2 Å². The lowest BCUT2D eigenvalue weighted by Gasteiger charge is -2.32. The molecular weight excluding hydrogens is 449 g/mol. The van der Waals surface area contributed by atoms with Crippen molar-refractivity contribution in [3.05, 3.63) is 64.6 Å². The molecule has 174 valence electrons. The summed E-state index contributed by atoms with van der Waals surface area (Å²) in [6.45, 7) is 2.02. The Labute approximate surface area is 195 Å². The molecule has 2 atom stereocenters. The third-order valence-electron chi connectivity index (χ3n) is 6.13. The molecule has 2 aromatic rings. The lowest BCUT2D eigenvalue weighted by Crippen LogP contribution is -2.48. The van der Waals surface area contributed by atoms with E-state index in [9.17, 15) is 22.8 Å². The topological polar surface area (TPSA) is 49.4 Å². The molecule has 2 amide bonds. The molecule has 1 N–H and O–H groups in total. The molecule has 4 nitrogen and oxygen atoms in total. The number of amides is 2. The van der Waals surface area contributed by atoms with E-state index in [0.29, 0.717) is 22.1 Å². The number of hydrogen-bond acceptors (Lipinski definition) is 3. The van der Waals surface area contributed by atoms with Gasteiger partial charge in [0.05, 0.1) is 16.2 Å². The van der Waals surface area contributed by atoms with E-state index < -0.39 is 11.7 Å². The smallest absolute Gasteiger partial charge is 0.352 e. The molecule has 0 saturated heterocycles. The normalized spacial score (nSPS) is 22.2. The van der Waals surface area contributed by atoms with Crippen molar-refractivity contribution in [2.45, 2.75) is 49.7 Å². The number of nitrogens with zero attached hydrogens (tertiary/aromatic N) is 1. The van der Waals surface area contributed by atoms with Gasteiger partial charge in [0.1, 0.15) is 6.54 Å². The molecule has 2 aliphatic rings. The molecule has 1 aliphatic heterocycles. The summed E-state index contributed by atoms with van der Waals surface area (Å²) in [5.41, 5.74) is 0.399. The van der Waals surface area contributed by atoms with E-state index >= 15 is 0 Å². The second-order valence-electron chi connectivity index (χ2n) is 8.53. The van der Waals surface area contributed by atoms with Gasteiger partial charge in [0.15, 0.2) is 0 Å². The van der Waals surface area contributed by atoms with Crippen molar-refractivity contribution in [3.8, 4) is 0 Å². The van der Waals surface area contributed by atoms with Gasteiger partial charge in [-0.2, -0.15) is 13.2 Å². The number of fused-ring (bicyclic) bond motifs is 1. The summed E-state index contributed by atoms with van der Waals surface area (Å²) in [7, 11) is 0. The number of alkyl halides is 3. The molecule has 0 spiro atoms. The quantitative estimate of drug-likeness (QED) is 0.563. The Morgan fingerprint density at radius 2 is 1.82 bits per heavy atom. The molecule has 8 heteroatoms. The van der Waals surface area contributed by atoms with Crippen LogP contribution < -0.4 is 10.2 Å². The van der Waals surface area contributed by atoms with E-state index in [1.807, 2.05) is 18.2 Å². The van der Waals surface area contributed by atoms with Crippen LogP contribution in [0, 0.1) is 5.92 Å². The van der Waals surface area contributed by atoms with Crippen LogP contribution >= 0.6 is 11.8 Å². The number of carbonyl (C=O) groups is 2. The minimum absolute atomic E-state index is 0.107. The van der Waals surface area contributed by atoms with Crippen LogP contribution in [0.25, 0.3) is 6.08 Å². The van der Waals surface area contributed by atoms with Gasteiger partial charge in [-0.3, -0.25) is 14.5 Å². The van der Waals surface area contributed by atoms with Gasteiger partial charge < -0.3 is 5.32 Å². The zero-order chi connectivity index (χ0) is 23.6. The van der Waals surface area contributed by atoms with Crippen LogP contribution in [0.15, 0.2) is 58.3 Å². The first kappa shape index (κ1) is 23.4. The van der Waals surface area contributed by atoms with Crippen LogP contribution in [-0.4, -0.2) is 24.4 Å². The minimum atomic E-state index is -4.42. The monoisotopic (exact) mass is 474 g/mol. The molecule has 1 saturated carbocycles. The van der Waals surface area contributed by atoms with Crippen LogP contribution in [0.5, 0.6) is 0 Å². The Bertz CT molecular complexity index is 1070. The van der Waals surface area contributed by atoms with Crippen LogP contribution in [0.3, 0.4) is 0 Å². The molecule has 0 bridgehead atoms. The average Bonchev–Trinajstić information content (AvgIpc) is 2.78. The lowest BCUT2D eigenvalue weighted by molar-refractivity contribution is -0.137. The zero-order valence-corrected chi connectivity index (χ0v) is 19.0. The summed E-state index contributed by atoms with van der Waals surface area (Å²) in [6, 6.07) is 12.1. The van der Waals surface area contributed by atoms with Gasteiger partial charge in [0, 0.05) is 10.9 Å². The van der Waals surface area contributed by atoms with Crippen molar-refractivity contribution < 1.29 is 22.8 Å². The number of benzene rings is 2. The van der Waals surface area contributed by atoms with E-state index in [-0.39, 0.29) is 24.4 Å². The summed E-state index contributed by atoms with van der Waals surface area (Å²) < 4.78 is 38.6. The average molecular weight is 475 g/mol. The Hall–Kier alpha value is -2.74. The summed E-state index contributed by atoms with van der Waals surface area (Å²) in [5, 5.41) is 3.09. The lowest BCUT2D eigenvalue weighted by atomic mass is 9.86. The molecule has 33 heavy (non-hydrogen) atoms. The third kappa shape index (κ3) is 5.43. The molecule has 0 aromatic heterocycles. The van der Waals surface area contributed by atoms with Gasteiger partial charge in [-0.1, -0.05) is 55.8 Å². The minimum Gasteiger partial charge on any atom is -0.352 e. The van der Waals surface area contributed by atoms with E-state index in [0.717, 1.165) is 36.3 Å². The second-order valence-corrected chi connectivity index (χ2v) is 9.61. The summed E-state index contributed by atoms with van der Waals surface area (Å²) in [6.07, 6.45) is 1.41. The third-order valence-corrected chi connectivity index (χ3v) is 7.20. The van der Waals surface area contributed by atoms with Crippen LogP contribution in [0.4, 0.5) is 18.9 Å². The van der Waals surface area contributed by atoms with E-state index in [1.165, 1.54) is 35.2 Å². The fourth-order valence-electron chi connectivity index (χ4n) is 4.27. The number of carbonyl (C=O) groups excluding carboxylic acids is 2. The first-order valence-corrected chi connectivity index (χ1v) is 11.8. The predicted octanol–water partition coefficient (Wildman–Crippen LogP) is 5.88. The molecule has 2 unspecified atom stereocenters. The van der Waals surface area contributed by atoms with Crippen LogP contribution in [0.1, 0.15) is 43.7 Å². The van der Waals surface area contributed by atoms with Crippen LogP contribution in [0.2, 0.25) is 0 Å². The Morgan fingerprint density at radius 3 is 2.52 bits per heavy atom. The predicted molar refractivity (Wildman–Crippen MR) is 124 cm³/mol. The zero-order valence-electron chi connectivity index (χ0n) is 18.2. The van der Waals surface area contributed by atoms with Crippen LogP contribution in [-0.2, 0) is 15.8 Å². The van der Waals surface area contributed by atoms with Crippen molar-refractivity contribution in [1.82, 2.24) is 5.32 Å². The van der Waals surface area contributed by atoms with Gasteiger partial charge >= 0.3 is 6.18 Å². The molecule has 0 radical (unpaired) electrons. The molecule has 1 fully saturated rings. The SMILES string of the molecule is CC1CCCCC1NC(=O)CN1C(=O)/C(=C\c2ccc(C(F)(F)F)cc2)Sc2ccccc21. The number of hydrogen-bond donors (Lipinski definition) is 1. The first-order chi connectivity index (χ1) is 15.7. The molecule has 4 rings (SSSR count). The summed E-state index contributed by atoms with van der Waals surface area (Å²) in [4.78, 5) is 28.7. The van der Waals surface area contributed by atoms with Gasteiger partial charge in [0.2, 0.25) is 5.91 Å². The number of para-hydroxylation sites is 1. The second kappa shape index (κ2) is 9.63. The van der Waals surface area contributed by atoms with Crippen molar-refractivity contribution >= 4 is 35.3 Å².